The molecule has 2 nitrogen and oxygen atoms in total. The lowest BCUT2D eigenvalue weighted by atomic mass is 10.1. The first-order chi connectivity index (χ1) is 5.13. The van der Waals surface area contributed by atoms with Gasteiger partial charge >= 0.3 is 0 Å². The van der Waals surface area contributed by atoms with Crippen LogP contribution in [0.15, 0.2) is 11.4 Å². The first-order valence-electron chi connectivity index (χ1n) is 3.15. The summed E-state index contributed by atoms with van der Waals surface area (Å²) in [5.41, 5.74) is 5.00. The van der Waals surface area contributed by atoms with Crippen molar-refractivity contribution in [2.45, 2.75) is 12.8 Å². The van der Waals surface area contributed by atoms with Crippen LogP contribution in [0.3, 0.4) is 0 Å². The predicted octanol–water partition coefficient (Wildman–Crippen LogP) is 1.48. The maximum Gasteiger partial charge on any atom is 0.225 e. The highest BCUT2D eigenvalue weighted by molar-refractivity contribution is 7.10. The third-order valence-corrected chi connectivity index (χ3v) is 2.54. The third-order valence-electron chi connectivity index (χ3n) is 1.46. The summed E-state index contributed by atoms with van der Waals surface area (Å²) in [6.07, 6.45) is 0. The van der Waals surface area contributed by atoms with Gasteiger partial charge in [0.2, 0.25) is 5.91 Å². The molecule has 2 N–H and O–H groups in total. The average molecular weight is 173 g/mol. The molecule has 1 aromatic rings. The Labute approximate surface area is 67.8 Å². The number of hydrogen-bond acceptors (Lipinski definition) is 2. The minimum absolute atomic E-state index is 0.346. The van der Waals surface area contributed by atoms with Gasteiger partial charge in [-0.25, -0.2) is 4.39 Å². The normalized spacial score (nSPS) is 12.9. The Hall–Kier alpha value is -0.900. The highest BCUT2D eigenvalue weighted by atomic mass is 32.1. The van der Waals surface area contributed by atoms with E-state index in [0.717, 1.165) is 0 Å². The van der Waals surface area contributed by atoms with Crippen molar-refractivity contribution < 1.29 is 9.18 Å². The highest BCUT2D eigenvalue weighted by Crippen LogP contribution is 2.23. The molecule has 11 heavy (non-hydrogen) atoms. The van der Waals surface area contributed by atoms with Gasteiger partial charge < -0.3 is 5.73 Å². The number of thiophene rings is 1. The standard InChI is InChI=1S/C7H8FNOS/c1-4(7(9)10)6-5(8)2-3-11-6/h2-4H,1H3,(H2,9,10). The molecule has 1 heterocycles. The van der Waals surface area contributed by atoms with E-state index in [1.165, 1.54) is 17.4 Å². The Bertz CT molecular complexity index is 271. The summed E-state index contributed by atoms with van der Waals surface area (Å²) in [5, 5.41) is 1.60. The van der Waals surface area contributed by atoms with E-state index in [1.807, 2.05) is 0 Å². The van der Waals surface area contributed by atoms with Crippen LogP contribution in [0.5, 0.6) is 0 Å². The molecule has 0 saturated carbocycles. The highest BCUT2D eigenvalue weighted by Gasteiger charge is 2.16. The lowest BCUT2D eigenvalue weighted by molar-refractivity contribution is -0.119. The number of rotatable bonds is 2. The molecule has 0 bridgehead atoms. The number of primary amides is 1. The summed E-state index contributed by atoms with van der Waals surface area (Å²) < 4.78 is 12.8. The Morgan fingerprint density at radius 2 is 2.45 bits per heavy atom. The monoisotopic (exact) mass is 173 g/mol. The second-order valence-corrected chi connectivity index (χ2v) is 3.20. The van der Waals surface area contributed by atoms with Crippen molar-refractivity contribution in [1.29, 1.82) is 0 Å². The van der Waals surface area contributed by atoms with Crippen LogP contribution >= 0.6 is 11.3 Å². The van der Waals surface area contributed by atoms with E-state index in [-0.39, 0.29) is 5.82 Å². The Morgan fingerprint density at radius 3 is 2.82 bits per heavy atom. The zero-order chi connectivity index (χ0) is 8.43. The van der Waals surface area contributed by atoms with Gasteiger partial charge in [-0.2, -0.15) is 0 Å². The number of carbonyl (C=O) groups is 1. The molecule has 1 unspecified atom stereocenters. The van der Waals surface area contributed by atoms with Crippen LogP contribution < -0.4 is 5.73 Å². The summed E-state index contributed by atoms with van der Waals surface area (Å²) in [5.74, 6) is -1.36. The van der Waals surface area contributed by atoms with E-state index in [4.69, 9.17) is 5.73 Å². The fourth-order valence-electron chi connectivity index (χ4n) is 0.744. The molecule has 4 heteroatoms. The van der Waals surface area contributed by atoms with Gasteiger partial charge in [-0.15, -0.1) is 11.3 Å². The van der Waals surface area contributed by atoms with Crippen LogP contribution in [0.4, 0.5) is 4.39 Å². The van der Waals surface area contributed by atoms with Crippen molar-refractivity contribution in [1.82, 2.24) is 0 Å². The molecule has 0 aliphatic heterocycles. The second kappa shape index (κ2) is 3.00. The molecule has 0 fully saturated rings. The van der Waals surface area contributed by atoms with Crippen molar-refractivity contribution in [2.24, 2.45) is 5.73 Å². The van der Waals surface area contributed by atoms with Crippen molar-refractivity contribution in [3.8, 4) is 0 Å². The summed E-state index contributed by atoms with van der Waals surface area (Å²) in [6, 6.07) is 1.33. The van der Waals surface area contributed by atoms with E-state index in [2.05, 4.69) is 0 Å². The second-order valence-electron chi connectivity index (χ2n) is 2.26. The van der Waals surface area contributed by atoms with E-state index in [9.17, 15) is 9.18 Å². The quantitative estimate of drug-likeness (QED) is 0.723. The minimum atomic E-state index is -0.519. The van der Waals surface area contributed by atoms with Gasteiger partial charge in [-0.3, -0.25) is 4.79 Å². The molecule has 0 aromatic carbocycles. The summed E-state index contributed by atoms with van der Waals surface area (Å²) >= 11 is 1.21. The number of nitrogens with two attached hydrogens (primary N) is 1. The maximum absolute atomic E-state index is 12.8. The lowest BCUT2D eigenvalue weighted by Crippen LogP contribution is -2.18. The molecule has 0 aliphatic carbocycles. The SMILES string of the molecule is CC(C(N)=O)c1sccc1F. The summed E-state index contributed by atoms with van der Waals surface area (Å²) in [6.45, 7) is 1.59. The Balaban J connectivity index is 2.92. The molecule has 0 aliphatic rings. The third kappa shape index (κ3) is 1.57. The molecule has 1 rings (SSSR count). The van der Waals surface area contributed by atoms with Crippen LogP contribution in [-0.2, 0) is 4.79 Å². The van der Waals surface area contributed by atoms with Crippen LogP contribution in [0.2, 0.25) is 0 Å². The van der Waals surface area contributed by atoms with Crippen molar-refractivity contribution >= 4 is 17.2 Å². The van der Waals surface area contributed by atoms with Crippen LogP contribution in [0.25, 0.3) is 0 Å². The van der Waals surface area contributed by atoms with E-state index < -0.39 is 11.8 Å². The van der Waals surface area contributed by atoms with Crippen molar-refractivity contribution in [3.63, 3.8) is 0 Å². The molecule has 0 radical (unpaired) electrons. The first kappa shape index (κ1) is 8.20. The zero-order valence-corrected chi connectivity index (χ0v) is 6.82. The van der Waals surface area contributed by atoms with Gasteiger partial charge in [0.15, 0.2) is 0 Å². The smallest absolute Gasteiger partial charge is 0.225 e. The molecule has 1 amide bonds. The maximum atomic E-state index is 12.8. The zero-order valence-electron chi connectivity index (χ0n) is 6.00. The molecule has 0 spiro atoms. The molecule has 1 aromatic heterocycles. The molecule has 1 atom stereocenters. The van der Waals surface area contributed by atoms with Crippen molar-refractivity contribution in [3.05, 3.63) is 22.1 Å². The number of amides is 1. The number of carbonyl (C=O) groups excluding carboxylic acids is 1. The van der Waals surface area contributed by atoms with E-state index in [1.54, 1.807) is 12.3 Å². The van der Waals surface area contributed by atoms with Crippen LogP contribution in [0.1, 0.15) is 17.7 Å². The summed E-state index contributed by atoms with van der Waals surface area (Å²) in [4.78, 5) is 11.0. The predicted molar refractivity (Wildman–Crippen MR) is 41.9 cm³/mol. The Kier molecular flexibility index (Phi) is 2.24. The van der Waals surface area contributed by atoms with E-state index in [0.29, 0.717) is 4.88 Å². The molecule has 60 valence electrons. The van der Waals surface area contributed by atoms with Crippen LogP contribution in [0, 0.1) is 5.82 Å². The van der Waals surface area contributed by atoms with Crippen LogP contribution in [-0.4, -0.2) is 5.91 Å². The Morgan fingerprint density at radius 1 is 1.82 bits per heavy atom. The molecule has 0 saturated heterocycles. The van der Waals surface area contributed by atoms with Gasteiger partial charge in [-0.1, -0.05) is 0 Å². The van der Waals surface area contributed by atoms with Gasteiger partial charge in [0.25, 0.3) is 0 Å². The topological polar surface area (TPSA) is 43.1 Å². The van der Waals surface area contributed by atoms with Crippen molar-refractivity contribution in [2.75, 3.05) is 0 Å². The molecular weight excluding hydrogens is 165 g/mol. The van der Waals surface area contributed by atoms with E-state index >= 15 is 0 Å². The van der Waals surface area contributed by atoms with Gasteiger partial charge in [0.05, 0.1) is 10.8 Å². The minimum Gasteiger partial charge on any atom is -0.369 e. The average Bonchev–Trinajstić information content (AvgIpc) is 2.33. The van der Waals surface area contributed by atoms with Gasteiger partial charge in [-0.05, 0) is 18.4 Å². The van der Waals surface area contributed by atoms with Gasteiger partial charge in [0.1, 0.15) is 5.82 Å². The molecular formula is C7H8FNOS. The largest absolute Gasteiger partial charge is 0.369 e. The number of hydrogen-bond donors (Lipinski definition) is 1. The number of halogens is 1. The fraction of sp³-hybridized carbons (Fsp3) is 0.286. The first-order valence-corrected chi connectivity index (χ1v) is 4.03. The fourth-order valence-corrected chi connectivity index (χ4v) is 1.58. The summed E-state index contributed by atoms with van der Waals surface area (Å²) in [7, 11) is 0. The van der Waals surface area contributed by atoms with Gasteiger partial charge in [0, 0.05) is 0 Å². The lowest BCUT2D eigenvalue weighted by Gasteiger charge is -2.02.